The Morgan fingerprint density at radius 3 is 3.00 bits per heavy atom. The number of Topliss-reactive ketones (excluding diaryl/α,β-unsaturated/α-hetero) is 1. The zero-order chi connectivity index (χ0) is 11.3. The molecule has 0 aromatic carbocycles. The lowest BCUT2D eigenvalue weighted by molar-refractivity contribution is -0.154. The van der Waals surface area contributed by atoms with E-state index in [0.29, 0.717) is 0 Å². The molecule has 88 valence electrons. The van der Waals surface area contributed by atoms with Gasteiger partial charge in [-0.3, -0.25) is 4.79 Å². The maximum Gasteiger partial charge on any atom is 0.171 e. The largest absolute Gasteiger partial charge is 0.344 e. The smallest absolute Gasteiger partial charge is 0.171 e. The molecule has 0 spiro atoms. The van der Waals surface area contributed by atoms with E-state index in [1.165, 1.54) is 5.57 Å². The van der Waals surface area contributed by atoms with Crippen molar-refractivity contribution in [3.8, 4) is 0 Å². The predicted octanol–water partition coefficient (Wildman–Crippen LogP) is 2.21. The van der Waals surface area contributed by atoms with E-state index in [0.717, 1.165) is 25.7 Å². The highest BCUT2D eigenvalue weighted by Gasteiger charge is 2.51. The predicted molar refractivity (Wildman–Crippen MR) is 58.9 cm³/mol. The fourth-order valence-corrected chi connectivity index (χ4v) is 3.14. The van der Waals surface area contributed by atoms with Crippen molar-refractivity contribution >= 4 is 5.78 Å². The minimum Gasteiger partial charge on any atom is -0.344 e. The van der Waals surface area contributed by atoms with Crippen LogP contribution in [0.25, 0.3) is 0 Å². The van der Waals surface area contributed by atoms with Crippen LogP contribution in [0.1, 0.15) is 39.5 Å². The second-order valence-electron chi connectivity index (χ2n) is 5.46. The van der Waals surface area contributed by atoms with Crippen LogP contribution >= 0.6 is 0 Å². The molecule has 3 rings (SSSR count). The Hall–Kier alpha value is -0.670. The highest BCUT2D eigenvalue weighted by molar-refractivity contribution is 5.90. The van der Waals surface area contributed by atoms with Crippen LogP contribution < -0.4 is 0 Å². The molecule has 2 fully saturated rings. The second kappa shape index (κ2) is 3.41. The van der Waals surface area contributed by atoms with Crippen LogP contribution in [-0.4, -0.2) is 23.8 Å². The van der Waals surface area contributed by atoms with Gasteiger partial charge in [0.15, 0.2) is 11.6 Å². The normalized spacial score (nSPS) is 41.2. The molecule has 16 heavy (non-hydrogen) atoms. The first-order chi connectivity index (χ1) is 7.57. The number of allylic oxidation sites excluding steroid dienone is 1. The first-order valence-corrected chi connectivity index (χ1v) is 6.15. The molecule has 0 N–H and O–H groups in total. The molecule has 3 nitrogen and oxygen atoms in total. The molecule has 1 saturated carbocycles. The number of carbonyl (C=O) groups excluding carboxylic acids is 1. The van der Waals surface area contributed by atoms with Crippen LogP contribution in [-0.2, 0) is 14.3 Å². The highest BCUT2D eigenvalue weighted by atomic mass is 16.8. The van der Waals surface area contributed by atoms with Crippen LogP contribution in [0.15, 0.2) is 11.6 Å². The molecule has 3 unspecified atom stereocenters. The van der Waals surface area contributed by atoms with Gasteiger partial charge in [-0.1, -0.05) is 11.6 Å². The highest BCUT2D eigenvalue weighted by Crippen LogP contribution is 2.42. The molecule has 1 aliphatic heterocycles. The Balaban J connectivity index is 1.89. The molecule has 0 aromatic rings. The first kappa shape index (κ1) is 10.5. The van der Waals surface area contributed by atoms with Crippen molar-refractivity contribution in [2.75, 3.05) is 0 Å². The molecule has 0 amide bonds. The summed E-state index contributed by atoms with van der Waals surface area (Å²) in [7, 11) is 0. The quantitative estimate of drug-likeness (QED) is 0.589. The molecule has 3 heteroatoms. The lowest BCUT2D eigenvalue weighted by atomic mass is 9.74. The van der Waals surface area contributed by atoms with Crippen molar-refractivity contribution in [1.82, 2.24) is 0 Å². The summed E-state index contributed by atoms with van der Waals surface area (Å²) in [5.41, 5.74) is 1.29. The van der Waals surface area contributed by atoms with Crippen molar-refractivity contribution in [1.29, 1.82) is 0 Å². The Morgan fingerprint density at radius 1 is 1.38 bits per heavy atom. The van der Waals surface area contributed by atoms with E-state index in [9.17, 15) is 4.79 Å². The second-order valence-corrected chi connectivity index (χ2v) is 5.46. The number of fused-ring (bicyclic) bond motifs is 2. The third-order valence-corrected chi connectivity index (χ3v) is 3.80. The topological polar surface area (TPSA) is 35.5 Å². The summed E-state index contributed by atoms with van der Waals surface area (Å²) < 4.78 is 11.5. The number of hydrogen-bond acceptors (Lipinski definition) is 3. The minimum atomic E-state index is -0.598. The van der Waals surface area contributed by atoms with Gasteiger partial charge in [0.1, 0.15) is 6.10 Å². The fraction of sp³-hybridized carbons (Fsp3) is 0.769. The molecule has 1 saturated heterocycles. The van der Waals surface area contributed by atoms with Gasteiger partial charge in [0.25, 0.3) is 0 Å². The van der Waals surface area contributed by atoms with Gasteiger partial charge in [-0.15, -0.1) is 0 Å². The third kappa shape index (κ3) is 1.54. The summed E-state index contributed by atoms with van der Waals surface area (Å²) in [6.45, 7) is 3.77. The molecule has 3 atom stereocenters. The van der Waals surface area contributed by atoms with E-state index in [1.54, 1.807) is 0 Å². The number of carbonyl (C=O) groups is 1. The van der Waals surface area contributed by atoms with E-state index in [4.69, 9.17) is 9.47 Å². The molecule has 0 bridgehead atoms. The summed E-state index contributed by atoms with van der Waals surface area (Å²) in [4.78, 5) is 12.3. The van der Waals surface area contributed by atoms with Crippen molar-refractivity contribution in [3.05, 3.63) is 11.6 Å². The zero-order valence-electron chi connectivity index (χ0n) is 9.86. The standard InChI is InChI=1S/C13H18O3/c1-13(2)15-10-7-8-5-3-4-6-9(8)11(14)12(10)16-13/h5,9-10,12H,3-4,6-7H2,1-2H3. The number of ether oxygens (including phenoxy) is 2. The first-order valence-electron chi connectivity index (χ1n) is 6.15. The summed E-state index contributed by atoms with van der Waals surface area (Å²) in [5.74, 6) is -0.237. The van der Waals surface area contributed by atoms with Gasteiger partial charge in [-0.2, -0.15) is 0 Å². The lowest BCUT2D eigenvalue weighted by Gasteiger charge is -2.33. The molecular weight excluding hydrogens is 204 g/mol. The monoisotopic (exact) mass is 222 g/mol. The summed E-state index contributed by atoms with van der Waals surface area (Å²) in [6, 6.07) is 0. The van der Waals surface area contributed by atoms with Crippen LogP contribution in [0, 0.1) is 5.92 Å². The van der Waals surface area contributed by atoms with Gasteiger partial charge >= 0.3 is 0 Å². The number of rotatable bonds is 0. The molecule has 0 radical (unpaired) electrons. The van der Waals surface area contributed by atoms with Crippen LogP contribution in [0.5, 0.6) is 0 Å². The van der Waals surface area contributed by atoms with Crippen LogP contribution in [0.3, 0.4) is 0 Å². The van der Waals surface area contributed by atoms with Crippen molar-refractivity contribution < 1.29 is 14.3 Å². The van der Waals surface area contributed by atoms with Gasteiger partial charge in [0.2, 0.25) is 0 Å². The lowest BCUT2D eigenvalue weighted by Crippen LogP contribution is -2.43. The maximum absolute atomic E-state index is 12.3. The number of hydrogen-bond donors (Lipinski definition) is 0. The summed E-state index contributed by atoms with van der Waals surface area (Å²) in [5, 5.41) is 0. The SMILES string of the molecule is CC1(C)OC2CC3=CCCCC3C(=O)C2O1. The summed E-state index contributed by atoms with van der Waals surface area (Å²) >= 11 is 0. The third-order valence-electron chi connectivity index (χ3n) is 3.80. The Morgan fingerprint density at radius 2 is 2.19 bits per heavy atom. The molecular formula is C13H18O3. The van der Waals surface area contributed by atoms with Gasteiger partial charge < -0.3 is 9.47 Å². The Kier molecular flexibility index (Phi) is 2.23. The Bertz CT molecular complexity index is 356. The van der Waals surface area contributed by atoms with Gasteiger partial charge in [-0.05, 0) is 39.5 Å². The van der Waals surface area contributed by atoms with E-state index < -0.39 is 5.79 Å². The average molecular weight is 222 g/mol. The van der Waals surface area contributed by atoms with Crippen LogP contribution in [0.2, 0.25) is 0 Å². The van der Waals surface area contributed by atoms with E-state index in [-0.39, 0.29) is 23.9 Å². The fourth-order valence-electron chi connectivity index (χ4n) is 3.14. The van der Waals surface area contributed by atoms with Crippen molar-refractivity contribution in [2.24, 2.45) is 5.92 Å². The maximum atomic E-state index is 12.3. The summed E-state index contributed by atoms with van der Waals surface area (Å²) in [6.07, 6.45) is 5.97. The minimum absolute atomic E-state index is 0.0527. The van der Waals surface area contributed by atoms with Gasteiger partial charge in [0, 0.05) is 5.92 Å². The zero-order valence-corrected chi connectivity index (χ0v) is 9.86. The van der Waals surface area contributed by atoms with E-state index >= 15 is 0 Å². The van der Waals surface area contributed by atoms with Crippen molar-refractivity contribution in [3.63, 3.8) is 0 Å². The average Bonchev–Trinajstić information content (AvgIpc) is 2.53. The van der Waals surface area contributed by atoms with Gasteiger partial charge in [-0.25, -0.2) is 0 Å². The number of ketones is 1. The Labute approximate surface area is 95.8 Å². The molecule has 2 aliphatic carbocycles. The molecule has 0 aromatic heterocycles. The van der Waals surface area contributed by atoms with Crippen molar-refractivity contribution in [2.45, 2.75) is 57.5 Å². The van der Waals surface area contributed by atoms with Crippen LogP contribution in [0.4, 0.5) is 0 Å². The van der Waals surface area contributed by atoms with Gasteiger partial charge in [0.05, 0.1) is 6.10 Å². The van der Waals surface area contributed by atoms with E-state index in [1.807, 2.05) is 13.8 Å². The van der Waals surface area contributed by atoms with E-state index in [2.05, 4.69) is 6.08 Å². The molecule has 3 aliphatic rings. The molecule has 1 heterocycles.